The molecular weight excluding hydrogens is 496 g/mol. The topological polar surface area (TPSA) is 63.6 Å². The standard InChI is InChI=1S/C36H66O4/c1-3-5-6-7-8-9-10-11-12-13-14-15-16-17-18-19-20-21-22-23-24-25-26-27-28-29-30-31-34(36(38)39)33-35(37)40-32-4-2/h4,27-28,34H,2-3,5-26,29-33H2,1H3,(H,38,39)/b28-27+. The number of carbonyl (C=O) groups is 2. The van der Waals surface area contributed by atoms with Crippen LogP contribution in [0.25, 0.3) is 0 Å². The molecule has 4 heteroatoms. The van der Waals surface area contributed by atoms with Crippen molar-refractivity contribution in [3.63, 3.8) is 0 Å². The normalized spacial score (nSPS) is 12.1. The van der Waals surface area contributed by atoms with Crippen molar-refractivity contribution < 1.29 is 19.4 Å². The number of carbonyl (C=O) groups excluding carboxylic acids is 1. The van der Waals surface area contributed by atoms with E-state index >= 15 is 0 Å². The fraction of sp³-hybridized carbons (Fsp3) is 0.833. The molecule has 0 aliphatic heterocycles. The molecule has 40 heavy (non-hydrogen) atoms. The molecule has 0 bridgehead atoms. The summed E-state index contributed by atoms with van der Waals surface area (Å²) in [5, 5.41) is 9.30. The van der Waals surface area contributed by atoms with Crippen LogP contribution in [0.3, 0.4) is 0 Å². The van der Waals surface area contributed by atoms with Crippen molar-refractivity contribution in [2.24, 2.45) is 5.92 Å². The predicted octanol–water partition coefficient (Wildman–Crippen LogP) is 11.5. The van der Waals surface area contributed by atoms with Crippen molar-refractivity contribution in [2.45, 2.75) is 180 Å². The Morgan fingerprint density at radius 1 is 0.625 bits per heavy atom. The van der Waals surface area contributed by atoms with E-state index in [4.69, 9.17) is 4.74 Å². The minimum atomic E-state index is -0.922. The van der Waals surface area contributed by atoms with Crippen LogP contribution in [0.15, 0.2) is 24.8 Å². The molecule has 1 N–H and O–H groups in total. The number of hydrogen-bond donors (Lipinski definition) is 1. The van der Waals surface area contributed by atoms with Crippen LogP contribution in [0.2, 0.25) is 0 Å². The van der Waals surface area contributed by atoms with Gasteiger partial charge in [0.2, 0.25) is 0 Å². The number of carboxylic acid groups (broad SMARTS) is 1. The molecule has 0 saturated carbocycles. The average Bonchev–Trinajstić information content (AvgIpc) is 2.94. The van der Waals surface area contributed by atoms with Gasteiger partial charge in [0.05, 0.1) is 12.3 Å². The maximum Gasteiger partial charge on any atom is 0.307 e. The zero-order valence-corrected chi connectivity index (χ0v) is 26.5. The van der Waals surface area contributed by atoms with E-state index in [0.29, 0.717) is 6.42 Å². The Morgan fingerprint density at radius 2 is 1.00 bits per heavy atom. The predicted molar refractivity (Wildman–Crippen MR) is 172 cm³/mol. The zero-order chi connectivity index (χ0) is 29.4. The summed E-state index contributed by atoms with van der Waals surface area (Å²) < 4.78 is 4.90. The van der Waals surface area contributed by atoms with Crippen molar-refractivity contribution in [1.29, 1.82) is 0 Å². The fourth-order valence-electron chi connectivity index (χ4n) is 5.31. The Bertz CT molecular complexity index is 598. The molecule has 0 aromatic heterocycles. The highest BCUT2D eigenvalue weighted by Gasteiger charge is 2.21. The highest BCUT2D eigenvalue weighted by atomic mass is 16.5. The number of ether oxygens (including phenoxy) is 1. The first-order chi connectivity index (χ1) is 19.6. The molecule has 0 aromatic carbocycles. The number of hydrogen-bond acceptors (Lipinski definition) is 3. The summed E-state index contributed by atoms with van der Waals surface area (Å²) in [6.07, 6.45) is 40.1. The smallest absolute Gasteiger partial charge is 0.307 e. The molecule has 1 unspecified atom stereocenters. The van der Waals surface area contributed by atoms with Gasteiger partial charge in [-0.15, -0.1) is 0 Å². The fourth-order valence-corrected chi connectivity index (χ4v) is 5.31. The molecule has 0 spiro atoms. The minimum absolute atomic E-state index is 0.0631. The summed E-state index contributed by atoms with van der Waals surface area (Å²) in [4.78, 5) is 23.0. The van der Waals surface area contributed by atoms with Crippen LogP contribution in [0.1, 0.15) is 180 Å². The number of esters is 1. The Balaban J connectivity index is 3.33. The number of unbranched alkanes of at least 4 members (excludes halogenated alkanes) is 23. The van der Waals surface area contributed by atoms with Gasteiger partial charge in [-0.25, -0.2) is 0 Å². The lowest BCUT2D eigenvalue weighted by atomic mass is 9.98. The Labute approximate surface area is 248 Å². The molecule has 0 saturated heterocycles. The van der Waals surface area contributed by atoms with Crippen molar-refractivity contribution in [1.82, 2.24) is 0 Å². The highest BCUT2D eigenvalue weighted by molar-refractivity contribution is 5.78. The molecule has 1 atom stereocenters. The second-order valence-corrected chi connectivity index (χ2v) is 11.8. The van der Waals surface area contributed by atoms with Crippen LogP contribution in [0.4, 0.5) is 0 Å². The summed E-state index contributed by atoms with van der Waals surface area (Å²) in [5.41, 5.74) is 0. The molecule has 0 amide bonds. The van der Waals surface area contributed by atoms with Gasteiger partial charge in [-0.3, -0.25) is 9.59 Å². The van der Waals surface area contributed by atoms with E-state index in [9.17, 15) is 14.7 Å². The molecular formula is C36H66O4. The molecule has 0 rings (SSSR count). The van der Waals surface area contributed by atoms with Crippen LogP contribution in [0.5, 0.6) is 0 Å². The summed E-state index contributed by atoms with van der Waals surface area (Å²) in [7, 11) is 0. The quantitative estimate of drug-likeness (QED) is 0.0503. The molecule has 0 aromatic rings. The summed E-state index contributed by atoms with van der Waals surface area (Å²) >= 11 is 0. The molecule has 0 heterocycles. The third-order valence-corrected chi connectivity index (χ3v) is 7.94. The number of carboxylic acids is 1. The average molecular weight is 563 g/mol. The lowest BCUT2D eigenvalue weighted by Crippen LogP contribution is -2.19. The van der Waals surface area contributed by atoms with Crippen molar-refractivity contribution in [3.8, 4) is 0 Å². The summed E-state index contributed by atoms with van der Waals surface area (Å²) in [6, 6.07) is 0. The van der Waals surface area contributed by atoms with Crippen LogP contribution >= 0.6 is 0 Å². The van der Waals surface area contributed by atoms with E-state index in [0.717, 1.165) is 19.3 Å². The summed E-state index contributed by atoms with van der Waals surface area (Å²) in [5.74, 6) is -2.05. The van der Waals surface area contributed by atoms with Gasteiger partial charge in [0, 0.05) is 0 Å². The maximum absolute atomic E-state index is 11.6. The molecule has 0 fully saturated rings. The second kappa shape index (κ2) is 31.9. The van der Waals surface area contributed by atoms with Gasteiger partial charge in [-0.1, -0.05) is 167 Å². The number of aliphatic carboxylic acids is 1. The second-order valence-electron chi connectivity index (χ2n) is 11.8. The van der Waals surface area contributed by atoms with Crippen LogP contribution in [-0.2, 0) is 14.3 Å². The monoisotopic (exact) mass is 562 g/mol. The van der Waals surface area contributed by atoms with Crippen molar-refractivity contribution in [3.05, 3.63) is 24.8 Å². The van der Waals surface area contributed by atoms with Gasteiger partial charge < -0.3 is 9.84 Å². The molecule has 0 radical (unpaired) electrons. The van der Waals surface area contributed by atoms with Gasteiger partial charge in [0.15, 0.2) is 0 Å². The van der Waals surface area contributed by atoms with E-state index in [-0.39, 0.29) is 13.0 Å². The number of rotatable bonds is 32. The molecule has 0 aliphatic carbocycles. The van der Waals surface area contributed by atoms with Crippen LogP contribution in [0, 0.1) is 5.92 Å². The van der Waals surface area contributed by atoms with Gasteiger partial charge >= 0.3 is 11.9 Å². The molecule has 234 valence electrons. The third kappa shape index (κ3) is 29.4. The van der Waals surface area contributed by atoms with E-state index in [1.165, 1.54) is 147 Å². The van der Waals surface area contributed by atoms with E-state index in [1.54, 1.807) is 0 Å². The lowest BCUT2D eigenvalue weighted by Gasteiger charge is -2.10. The Kier molecular flexibility index (Phi) is 30.7. The largest absolute Gasteiger partial charge is 0.481 e. The number of allylic oxidation sites excluding steroid dienone is 2. The Hall–Kier alpha value is -1.58. The van der Waals surface area contributed by atoms with E-state index in [1.807, 2.05) is 0 Å². The van der Waals surface area contributed by atoms with Crippen molar-refractivity contribution in [2.75, 3.05) is 6.61 Å². The van der Waals surface area contributed by atoms with E-state index in [2.05, 4.69) is 25.7 Å². The first-order valence-corrected chi connectivity index (χ1v) is 17.3. The highest BCUT2D eigenvalue weighted by Crippen LogP contribution is 2.17. The lowest BCUT2D eigenvalue weighted by molar-refractivity contribution is -0.151. The zero-order valence-electron chi connectivity index (χ0n) is 26.5. The van der Waals surface area contributed by atoms with Crippen LogP contribution < -0.4 is 0 Å². The van der Waals surface area contributed by atoms with E-state index < -0.39 is 17.9 Å². The van der Waals surface area contributed by atoms with Gasteiger partial charge in [0.25, 0.3) is 0 Å². The van der Waals surface area contributed by atoms with Crippen LogP contribution in [-0.4, -0.2) is 23.7 Å². The van der Waals surface area contributed by atoms with Gasteiger partial charge in [-0.2, -0.15) is 0 Å². The molecule has 0 aliphatic rings. The molecule has 4 nitrogen and oxygen atoms in total. The minimum Gasteiger partial charge on any atom is -0.481 e. The van der Waals surface area contributed by atoms with Crippen molar-refractivity contribution >= 4 is 11.9 Å². The first-order valence-electron chi connectivity index (χ1n) is 17.3. The maximum atomic E-state index is 11.6. The van der Waals surface area contributed by atoms with Gasteiger partial charge in [-0.05, 0) is 32.1 Å². The first kappa shape index (κ1) is 38.4. The summed E-state index contributed by atoms with van der Waals surface area (Å²) in [6.45, 7) is 5.91. The third-order valence-electron chi connectivity index (χ3n) is 7.94. The SMILES string of the molecule is C=CCOC(=O)CC(CCC/C=C/CCCCCCCCCCCCCCCCCCCCCCCC)C(=O)O. The van der Waals surface area contributed by atoms with Gasteiger partial charge in [0.1, 0.15) is 6.61 Å². The Morgan fingerprint density at radius 3 is 1.38 bits per heavy atom.